The van der Waals surface area contributed by atoms with Gasteiger partial charge in [-0.15, -0.1) is 6.58 Å². The lowest BCUT2D eigenvalue weighted by Gasteiger charge is -2.59. The van der Waals surface area contributed by atoms with E-state index in [9.17, 15) is 0 Å². The summed E-state index contributed by atoms with van der Waals surface area (Å²) >= 11 is 0. The third kappa shape index (κ3) is 6.13. The normalized spacial score (nSPS) is 42.2. The van der Waals surface area contributed by atoms with E-state index in [-0.39, 0.29) is 0 Å². The molecule has 2 aromatic rings. The van der Waals surface area contributed by atoms with E-state index in [1.54, 1.807) is 0 Å². The first-order chi connectivity index (χ1) is 26.2. The van der Waals surface area contributed by atoms with Crippen molar-refractivity contribution in [3.05, 3.63) is 73.3 Å². The van der Waals surface area contributed by atoms with Crippen LogP contribution in [0.15, 0.2) is 73.3 Å². The van der Waals surface area contributed by atoms with Gasteiger partial charge in [0.25, 0.3) is 0 Å². The number of hydrogen-bond acceptors (Lipinski definition) is 0. The maximum Gasteiger partial charge on any atom is 0.124 e. The van der Waals surface area contributed by atoms with Crippen LogP contribution >= 0.6 is 0 Å². The van der Waals surface area contributed by atoms with Gasteiger partial charge in [0.1, 0.15) is 8.07 Å². The summed E-state index contributed by atoms with van der Waals surface area (Å²) in [6.45, 7) is 25.9. The van der Waals surface area contributed by atoms with Crippen molar-refractivity contribution in [1.82, 2.24) is 0 Å². The summed E-state index contributed by atoms with van der Waals surface area (Å²) < 4.78 is 0. The highest BCUT2D eigenvalue weighted by atomic mass is 28.3. The van der Waals surface area contributed by atoms with E-state index in [1.165, 1.54) is 96.3 Å². The topological polar surface area (TPSA) is 0 Å². The number of benzene rings is 2. The predicted molar refractivity (Wildman–Crippen MR) is 238 cm³/mol. The third-order valence-corrected chi connectivity index (χ3v) is 26.7. The SMILES string of the molecule is C=CCCC1CC([Si](c2ccccc2)(c2ccccc2)C2C3CC4C(CC3C3CC5C(CC32)C(C)(C)CCC5(C)C)C(C)(C)CCC4(C)C)C2CCCCC12. The number of allylic oxidation sites excluding steroid dienone is 1. The Kier molecular flexibility index (Phi) is 9.91. The van der Waals surface area contributed by atoms with E-state index >= 15 is 0 Å². The van der Waals surface area contributed by atoms with Crippen LogP contribution in [0.2, 0.25) is 11.1 Å². The summed E-state index contributed by atoms with van der Waals surface area (Å²) in [5, 5.41) is 3.67. The largest absolute Gasteiger partial charge is 0.124 e. The van der Waals surface area contributed by atoms with E-state index in [0.717, 1.165) is 76.2 Å². The zero-order valence-electron chi connectivity index (χ0n) is 36.7. The molecule has 7 saturated carbocycles. The van der Waals surface area contributed by atoms with Crippen LogP contribution in [0.4, 0.5) is 0 Å². The van der Waals surface area contributed by atoms with Gasteiger partial charge in [-0.25, -0.2) is 0 Å². The summed E-state index contributed by atoms with van der Waals surface area (Å²) in [5.74, 6) is 9.75. The average Bonchev–Trinajstić information content (AvgIpc) is 3.71. The van der Waals surface area contributed by atoms with Crippen molar-refractivity contribution < 1.29 is 0 Å². The van der Waals surface area contributed by atoms with Gasteiger partial charge >= 0.3 is 0 Å². The van der Waals surface area contributed by atoms with Crippen molar-refractivity contribution in [2.24, 2.45) is 86.8 Å². The third-order valence-electron chi connectivity index (χ3n) is 20.4. The molecule has 0 spiro atoms. The molecular weight excluding hydrogens is 677 g/mol. The number of fused-ring (bicyclic) bond motifs is 6. The predicted octanol–water partition coefficient (Wildman–Crippen LogP) is 14.0. The molecule has 0 radical (unpaired) electrons. The van der Waals surface area contributed by atoms with Crippen LogP contribution in [0.25, 0.3) is 0 Å². The smallest absolute Gasteiger partial charge is 0.103 e. The van der Waals surface area contributed by atoms with Crippen molar-refractivity contribution in [1.29, 1.82) is 0 Å². The van der Waals surface area contributed by atoms with Crippen molar-refractivity contribution in [2.45, 2.75) is 163 Å². The van der Waals surface area contributed by atoms with Crippen LogP contribution in [0, 0.1) is 86.8 Å². The molecule has 300 valence electrons. The molecule has 0 N–H and O–H groups in total. The molecule has 0 heterocycles. The Hall–Kier alpha value is -1.60. The van der Waals surface area contributed by atoms with Gasteiger partial charge in [-0.05, 0) is 175 Å². The van der Waals surface area contributed by atoms with Gasteiger partial charge in [0, 0.05) is 0 Å². The minimum absolute atomic E-state index is 0.447. The standard InChI is InChI=1S/C54H80Si/c1-10-11-20-36-31-49(40-26-19-18-25-39(36)40)55(37-21-14-12-15-22-37,38-23-16-13-17-24-38)50-43-34-47-45(51(2,3)27-29-53(47,6)7)32-41(43)42-33-46-48(35-44(42)50)54(8,9)30-28-52(46,4)5/h10,12-17,21-24,36,39-50H,1,11,18-20,25-35H2,2-9H3. The minimum atomic E-state index is -2.39. The zero-order chi connectivity index (χ0) is 38.5. The van der Waals surface area contributed by atoms with Crippen LogP contribution in [-0.2, 0) is 0 Å². The van der Waals surface area contributed by atoms with Crippen LogP contribution in [0.5, 0.6) is 0 Å². The molecule has 0 nitrogen and oxygen atoms in total. The lowest BCUT2D eigenvalue weighted by atomic mass is 9.46. The molecule has 9 rings (SSSR count). The first-order valence-electron chi connectivity index (χ1n) is 23.9. The average molecular weight is 757 g/mol. The molecule has 12 unspecified atom stereocenters. The highest BCUT2D eigenvalue weighted by molar-refractivity contribution is 7.04. The molecule has 0 aliphatic heterocycles. The monoisotopic (exact) mass is 757 g/mol. The van der Waals surface area contributed by atoms with Gasteiger partial charge in [0.15, 0.2) is 0 Å². The fourth-order valence-electron chi connectivity index (χ4n) is 17.6. The van der Waals surface area contributed by atoms with Gasteiger partial charge in [0.2, 0.25) is 0 Å². The maximum atomic E-state index is 4.26. The lowest BCUT2D eigenvalue weighted by Crippen LogP contribution is -2.68. The molecule has 7 aliphatic carbocycles. The fourth-order valence-corrected chi connectivity index (χ4v) is 25.4. The second-order valence-corrected chi connectivity index (χ2v) is 28.5. The summed E-state index contributed by atoms with van der Waals surface area (Å²) in [4.78, 5) is 0. The van der Waals surface area contributed by atoms with E-state index in [1.807, 2.05) is 10.4 Å². The summed E-state index contributed by atoms with van der Waals surface area (Å²) in [6, 6.07) is 25.4. The van der Waals surface area contributed by atoms with E-state index in [2.05, 4.69) is 129 Å². The minimum Gasteiger partial charge on any atom is -0.103 e. The van der Waals surface area contributed by atoms with Gasteiger partial charge in [0.05, 0.1) is 0 Å². The molecule has 7 fully saturated rings. The van der Waals surface area contributed by atoms with Crippen LogP contribution in [0.3, 0.4) is 0 Å². The van der Waals surface area contributed by atoms with Crippen molar-refractivity contribution >= 4 is 18.4 Å². The van der Waals surface area contributed by atoms with Gasteiger partial charge in [-0.2, -0.15) is 0 Å². The number of hydrogen-bond donors (Lipinski definition) is 0. The molecule has 55 heavy (non-hydrogen) atoms. The molecular formula is C54H80Si. The number of rotatable bonds is 7. The van der Waals surface area contributed by atoms with E-state index in [4.69, 9.17) is 0 Å². The van der Waals surface area contributed by atoms with Gasteiger partial charge in [-0.3, -0.25) is 0 Å². The Balaban J connectivity index is 1.28. The molecule has 0 bridgehead atoms. The zero-order valence-corrected chi connectivity index (χ0v) is 37.7. The molecule has 2 aromatic carbocycles. The van der Waals surface area contributed by atoms with Crippen LogP contribution < -0.4 is 10.4 Å². The summed E-state index contributed by atoms with van der Waals surface area (Å²) in [5.41, 5.74) is 3.53. The van der Waals surface area contributed by atoms with Crippen molar-refractivity contribution in [3.8, 4) is 0 Å². The first-order valence-corrected chi connectivity index (χ1v) is 26.1. The van der Waals surface area contributed by atoms with Crippen LogP contribution in [0.1, 0.15) is 152 Å². The van der Waals surface area contributed by atoms with E-state index < -0.39 is 8.07 Å². The molecule has 0 aromatic heterocycles. The highest BCUT2D eigenvalue weighted by Gasteiger charge is 2.70. The molecule has 7 aliphatic rings. The van der Waals surface area contributed by atoms with Crippen molar-refractivity contribution in [3.63, 3.8) is 0 Å². The first kappa shape index (κ1) is 38.9. The molecule has 1 heteroatoms. The molecule has 0 amide bonds. The Morgan fingerprint density at radius 3 is 1.35 bits per heavy atom. The van der Waals surface area contributed by atoms with Gasteiger partial charge < -0.3 is 0 Å². The Bertz CT molecular complexity index is 1570. The Labute approximate surface area is 339 Å². The van der Waals surface area contributed by atoms with Crippen LogP contribution in [-0.4, -0.2) is 8.07 Å². The second kappa shape index (κ2) is 14.0. The Morgan fingerprint density at radius 1 is 0.527 bits per heavy atom. The lowest BCUT2D eigenvalue weighted by molar-refractivity contribution is -0.0969. The van der Waals surface area contributed by atoms with E-state index in [0.29, 0.717) is 21.7 Å². The summed E-state index contributed by atoms with van der Waals surface area (Å²) in [6.07, 6.45) is 24.0. The van der Waals surface area contributed by atoms with Crippen molar-refractivity contribution in [2.75, 3.05) is 0 Å². The molecule has 0 saturated heterocycles. The Morgan fingerprint density at radius 2 is 0.927 bits per heavy atom. The highest BCUT2D eigenvalue weighted by Crippen LogP contribution is 2.74. The molecule has 12 atom stereocenters. The fraction of sp³-hybridized carbons (Fsp3) is 0.741. The second-order valence-electron chi connectivity index (χ2n) is 24.2. The summed E-state index contributed by atoms with van der Waals surface area (Å²) in [7, 11) is -2.39. The van der Waals surface area contributed by atoms with Gasteiger partial charge in [-0.1, -0.05) is 152 Å². The quantitative estimate of drug-likeness (QED) is 0.195. The maximum absolute atomic E-state index is 4.26.